The minimum absolute atomic E-state index is 0.0510. The Bertz CT molecular complexity index is 887. The van der Waals surface area contributed by atoms with Gasteiger partial charge in [-0.2, -0.15) is 0 Å². The molecule has 3 rings (SSSR count). The number of rotatable bonds is 11. The molecule has 1 N–H and O–H groups in total. The quantitative estimate of drug-likeness (QED) is 0.481. The van der Waals surface area contributed by atoms with Crippen LogP contribution in [0.15, 0.2) is 54.6 Å². The van der Waals surface area contributed by atoms with Crippen molar-refractivity contribution in [2.24, 2.45) is 0 Å². The van der Waals surface area contributed by atoms with E-state index >= 15 is 0 Å². The van der Waals surface area contributed by atoms with Crippen LogP contribution in [0.3, 0.4) is 0 Å². The third-order valence-electron chi connectivity index (χ3n) is 6.26. The van der Waals surface area contributed by atoms with Gasteiger partial charge in [-0.05, 0) is 42.9 Å². The molecule has 2 aromatic carbocycles. The van der Waals surface area contributed by atoms with Crippen LogP contribution in [0.2, 0.25) is 0 Å². The molecule has 178 valence electrons. The van der Waals surface area contributed by atoms with Crippen LogP contribution in [0.4, 0.5) is 4.39 Å². The van der Waals surface area contributed by atoms with Crippen molar-refractivity contribution in [2.75, 3.05) is 12.3 Å². The van der Waals surface area contributed by atoms with Gasteiger partial charge in [0.2, 0.25) is 11.8 Å². The van der Waals surface area contributed by atoms with Crippen molar-refractivity contribution in [3.63, 3.8) is 0 Å². The second-order valence-electron chi connectivity index (χ2n) is 8.67. The summed E-state index contributed by atoms with van der Waals surface area (Å²) in [6.07, 6.45) is 6.80. The predicted octanol–water partition coefficient (Wildman–Crippen LogP) is 5.36. The molecule has 0 heterocycles. The van der Waals surface area contributed by atoms with Gasteiger partial charge >= 0.3 is 0 Å². The number of nitrogens with zero attached hydrogens (tertiary/aromatic N) is 1. The second-order valence-corrected chi connectivity index (χ2v) is 9.66. The standard InChI is InChI=1S/C27H35FN2O2S/c1-2-25(27(32)29-23-14-7-4-8-15-23)30(18-17-21-11-5-3-6-12-21)26(31)20-33-19-22-13-9-10-16-24(22)28/h3,5-6,9-13,16,23,25H,2,4,7-8,14-15,17-20H2,1H3,(H,29,32). The average Bonchev–Trinajstić information content (AvgIpc) is 2.84. The molecule has 2 aromatic rings. The smallest absolute Gasteiger partial charge is 0.243 e. The molecule has 2 amide bonds. The van der Waals surface area contributed by atoms with E-state index in [1.165, 1.54) is 24.2 Å². The maximum Gasteiger partial charge on any atom is 0.243 e. The highest BCUT2D eigenvalue weighted by atomic mass is 32.2. The van der Waals surface area contributed by atoms with Gasteiger partial charge in [-0.25, -0.2) is 4.39 Å². The summed E-state index contributed by atoms with van der Waals surface area (Å²) < 4.78 is 13.9. The first kappa shape index (κ1) is 25.3. The fourth-order valence-electron chi connectivity index (χ4n) is 4.39. The molecule has 0 bridgehead atoms. The van der Waals surface area contributed by atoms with Crippen molar-refractivity contribution in [1.29, 1.82) is 0 Å². The minimum Gasteiger partial charge on any atom is -0.352 e. The highest BCUT2D eigenvalue weighted by Gasteiger charge is 2.29. The third-order valence-corrected chi connectivity index (χ3v) is 7.23. The van der Waals surface area contributed by atoms with Crippen molar-refractivity contribution in [3.8, 4) is 0 Å². The Morgan fingerprint density at radius 1 is 1.06 bits per heavy atom. The maximum atomic E-state index is 13.9. The molecule has 0 saturated heterocycles. The molecule has 4 nitrogen and oxygen atoms in total. The summed E-state index contributed by atoms with van der Waals surface area (Å²) in [6.45, 7) is 2.44. The summed E-state index contributed by atoms with van der Waals surface area (Å²) >= 11 is 1.39. The lowest BCUT2D eigenvalue weighted by Crippen LogP contribution is -2.52. The summed E-state index contributed by atoms with van der Waals surface area (Å²) in [7, 11) is 0. The van der Waals surface area contributed by atoms with E-state index in [0.29, 0.717) is 30.7 Å². The van der Waals surface area contributed by atoms with Gasteiger partial charge in [-0.15, -0.1) is 11.8 Å². The molecule has 33 heavy (non-hydrogen) atoms. The first-order valence-corrected chi connectivity index (χ1v) is 13.2. The molecule has 0 radical (unpaired) electrons. The number of carbonyl (C=O) groups is 2. The van der Waals surface area contributed by atoms with Crippen LogP contribution in [-0.4, -0.2) is 41.1 Å². The largest absolute Gasteiger partial charge is 0.352 e. The number of hydrogen-bond donors (Lipinski definition) is 1. The molecular weight excluding hydrogens is 435 g/mol. The number of hydrogen-bond acceptors (Lipinski definition) is 3. The molecule has 1 aliphatic carbocycles. The van der Waals surface area contributed by atoms with E-state index < -0.39 is 6.04 Å². The highest BCUT2D eigenvalue weighted by Crippen LogP contribution is 2.20. The molecule has 0 aromatic heterocycles. The van der Waals surface area contributed by atoms with Crippen LogP contribution < -0.4 is 5.32 Å². The molecule has 1 aliphatic rings. The molecule has 1 fully saturated rings. The van der Waals surface area contributed by atoms with Crippen molar-refractivity contribution in [1.82, 2.24) is 10.2 Å². The van der Waals surface area contributed by atoms with Gasteiger partial charge in [0, 0.05) is 18.3 Å². The fraction of sp³-hybridized carbons (Fsp3) is 0.481. The van der Waals surface area contributed by atoms with Gasteiger partial charge in [0.15, 0.2) is 0 Å². The molecule has 6 heteroatoms. The average molecular weight is 471 g/mol. The molecule has 0 spiro atoms. The summed E-state index contributed by atoms with van der Waals surface area (Å²) in [4.78, 5) is 28.2. The Morgan fingerprint density at radius 2 is 1.76 bits per heavy atom. The predicted molar refractivity (Wildman–Crippen MR) is 134 cm³/mol. The van der Waals surface area contributed by atoms with E-state index in [2.05, 4.69) is 5.32 Å². The zero-order valence-electron chi connectivity index (χ0n) is 19.5. The summed E-state index contributed by atoms with van der Waals surface area (Å²) in [5, 5.41) is 3.20. The zero-order valence-corrected chi connectivity index (χ0v) is 20.3. The monoisotopic (exact) mass is 470 g/mol. The van der Waals surface area contributed by atoms with Crippen LogP contribution in [0, 0.1) is 5.82 Å². The number of carbonyl (C=O) groups excluding carboxylic acids is 2. The second kappa shape index (κ2) is 13.4. The van der Waals surface area contributed by atoms with Gasteiger partial charge < -0.3 is 10.2 Å². The minimum atomic E-state index is -0.489. The van der Waals surface area contributed by atoms with Gasteiger partial charge in [-0.1, -0.05) is 74.7 Å². The number of thioether (sulfide) groups is 1. The van der Waals surface area contributed by atoms with Crippen LogP contribution in [0.25, 0.3) is 0 Å². The van der Waals surface area contributed by atoms with Crippen LogP contribution in [-0.2, 0) is 21.8 Å². The van der Waals surface area contributed by atoms with E-state index in [0.717, 1.165) is 31.2 Å². The van der Waals surface area contributed by atoms with Gasteiger partial charge in [0.05, 0.1) is 5.75 Å². The van der Waals surface area contributed by atoms with Gasteiger partial charge in [0.25, 0.3) is 0 Å². The summed E-state index contributed by atoms with van der Waals surface area (Å²) in [5.41, 5.74) is 1.73. The van der Waals surface area contributed by atoms with E-state index in [-0.39, 0.29) is 29.4 Å². The number of amides is 2. The Balaban J connectivity index is 1.65. The fourth-order valence-corrected chi connectivity index (χ4v) is 5.28. The number of nitrogens with one attached hydrogen (secondary N) is 1. The molecule has 1 atom stereocenters. The highest BCUT2D eigenvalue weighted by molar-refractivity contribution is 7.99. The lowest BCUT2D eigenvalue weighted by Gasteiger charge is -2.32. The zero-order chi connectivity index (χ0) is 23.5. The lowest BCUT2D eigenvalue weighted by atomic mass is 9.95. The first-order chi connectivity index (χ1) is 16.1. The Kier molecular flexibility index (Phi) is 10.3. The molecule has 1 unspecified atom stereocenters. The van der Waals surface area contributed by atoms with Crippen molar-refractivity contribution >= 4 is 23.6 Å². The maximum absolute atomic E-state index is 13.9. The van der Waals surface area contributed by atoms with Gasteiger partial charge in [0.1, 0.15) is 11.9 Å². The normalized spacial score (nSPS) is 15.1. The van der Waals surface area contributed by atoms with Crippen LogP contribution in [0.1, 0.15) is 56.6 Å². The Labute approximate surface area is 201 Å². The molecular formula is C27H35FN2O2S. The SMILES string of the molecule is CCC(C(=O)NC1CCCCC1)N(CCc1ccccc1)C(=O)CSCc1ccccc1F. The topological polar surface area (TPSA) is 49.4 Å². The molecule has 1 saturated carbocycles. The van der Waals surface area contributed by atoms with Gasteiger partial charge in [-0.3, -0.25) is 9.59 Å². The van der Waals surface area contributed by atoms with E-state index in [1.54, 1.807) is 23.1 Å². The number of halogens is 1. The van der Waals surface area contributed by atoms with Crippen LogP contribution in [0.5, 0.6) is 0 Å². The molecule has 0 aliphatic heterocycles. The Morgan fingerprint density at radius 3 is 2.45 bits per heavy atom. The van der Waals surface area contributed by atoms with E-state index in [9.17, 15) is 14.0 Å². The lowest BCUT2D eigenvalue weighted by molar-refractivity contribution is -0.139. The number of benzene rings is 2. The van der Waals surface area contributed by atoms with Crippen molar-refractivity contribution in [3.05, 3.63) is 71.5 Å². The van der Waals surface area contributed by atoms with E-state index in [1.807, 2.05) is 37.3 Å². The summed E-state index contributed by atoms with van der Waals surface area (Å²) in [5.74, 6) is 0.270. The van der Waals surface area contributed by atoms with E-state index in [4.69, 9.17) is 0 Å². The summed E-state index contributed by atoms with van der Waals surface area (Å²) in [6, 6.07) is 16.4. The van der Waals surface area contributed by atoms with Crippen molar-refractivity contribution in [2.45, 2.75) is 69.7 Å². The van der Waals surface area contributed by atoms with Crippen LogP contribution >= 0.6 is 11.8 Å². The third kappa shape index (κ3) is 7.88. The van der Waals surface area contributed by atoms with Crippen molar-refractivity contribution < 1.29 is 14.0 Å². The Hall–Kier alpha value is -2.34. The first-order valence-electron chi connectivity index (χ1n) is 12.0.